The number of halogens is 1. The molecule has 0 saturated heterocycles. The molecule has 4 aromatic rings. The van der Waals surface area contributed by atoms with E-state index in [0.717, 1.165) is 26.9 Å². The van der Waals surface area contributed by atoms with Crippen molar-refractivity contribution in [1.29, 1.82) is 0 Å². The first-order chi connectivity index (χ1) is 18.0. The number of rotatable bonds is 7. The van der Waals surface area contributed by atoms with Gasteiger partial charge in [-0.1, -0.05) is 81.9 Å². The maximum absolute atomic E-state index is 13.6. The third kappa shape index (κ3) is 5.65. The average Bonchev–Trinajstić information content (AvgIpc) is 3.23. The second-order valence-electron chi connectivity index (χ2n) is 8.26. The standard InChI is InChI=1S/C29H23BrN2O4S/c1-2-35-27(33)18-36-23-10-6-7-19(15-23)16-26-28(34)32-25(21-11-13-22(30)14-12-21)17-24(31-29(32)37-26)20-8-4-3-5-9-20/h3-17,25H,2,18H2,1H3. The van der Waals surface area contributed by atoms with Crippen molar-refractivity contribution in [1.82, 2.24) is 4.57 Å². The predicted octanol–water partition coefficient (Wildman–Crippen LogP) is 4.71. The Labute approximate surface area is 226 Å². The van der Waals surface area contributed by atoms with Gasteiger partial charge in [0.1, 0.15) is 5.75 Å². The smallest absolute Gasteiger partial charge is 0.344 e. The van der Waals surface area contributed by atoms with Gasteiger partial charge in [-0.2, -0.15) is 0 Å². The van der Waals surface area contributed by atoms with Gasteiger partial charge >= 0.3 is 5.97 Å². The van der Waals surface area contributed by atoms with Crippen molar-refractivity contribution in [2.24, 2.45) is 4.99 Å². The van der Waals surface area contributed by atoms with E-state index in [4.69, 9.17) is 14.5 Å². The summed E-state index contributed by atoms with van der Waals surface area (Å²) < 4.78 is 13.7. The lowest BCUT2D eigenvalue weighted by Gasteiger charge is -2.19. The van der Waals surface area contributed by atoms with Crippen molar-refractivity contribution in [2.45, 2.75) is 13.0 Å². The van der Waals surface area contributed by atoms with Crippen LogP contribution in [0.1, 0.15) is 29.7 Å². The highest BCUT2D eigenvalue weighted by Crippen LogP contribution is 2.27. The van der Waals surface area contributed by atoms with E-state index in [9.17, 15) is 9.59 Å². The van der Waals surface area contributed by atoms with Crippen molar-refractivity contribution in [3.05, 3.63) is 126 Å². The highest BCUT2D eigenvalue weighted by molar-refractivity contribution is 9.10. The molecule has 0 aliphatic carbocycles. The quantitative estimate of drug-likeness (QED) is 0.300. The van der Waals surface area contributed by atoms with E-state index in [1.807, 2.05) is 78.9 Å². The van der Waals surface area contributed by atoms with Gasteiger partial charge in [-0.15, -0.1) is 0 Å². The molecule has 0 N–H and O–H groups in total. The molecule has 1 aliphatic heterocycles. The van der Waals surface area contributed by atoms with Crippen LogP contribution in [0.3, 0.4) is 0 Å². The fraction of sp³-hybridized carbons (Fsp3) is 0.138. The molecule has 1 aliphatic rings. The fourth-order valence-corrected chi connectivity index (χ4v) is 5.32. The minimum absolute atomic E-state index is 0.113. The maximum atomic E-state index is 13.6. The van der Waals surface area contributed by atoms with Crippen molar-refractivity contribution in [3.63, 3.8) is 0 Å². The second kappa shape index (κ2) is 11.1. The molecule has 2 heterocycles. The van der Waals surface area contributed by atoms with E-state index in [0.29, 0.717) is 21.7 Å². The number of hydrogen-bond acceptors (Lipinski definition) is 6. The van der Waals surface area contributed by atoms with Crippen LogP contribution >= 0.6 is 27.3 Å². The Balaban J connectivity index is 1.56. The lowest BCUT2D eigenvalue weighted by atomic mass is 10.0. The molecule has 0 fully saturated rings. The van der Waals surface area contributed by atoms with Crippen molar-refractivity contribution in [3.8, 4) is 5.75 Å². The normalized spacial score (nSPS) is 14.9. The van der Waals surface area contributed by atoms with Crippen LogP contribution in [0.5, 0.6) is 5.75 Å². The highest BCUT2D eigenvalue weighted by atomic mass is 79.9. The number of ether oxygens (including phenoxy) is 2. The zero-order valence-electron chi connectivity index (χ0n) is 20.0. The monoisotopic (exact) mass is 574 g/mol. The van der Waals surface area contributed by atoms with Crippen LogP contribution in [0.4, 0.5) is 0 Å². The number of aromatic nitrogens is 1. The number of fused-ring (bicyclic) bond motifs is 1. The number of nitrogens with zero attached hydrogens (tertiary/aromatic N) is 2. The van der Waals surface area contributed by atoms with Gasteiger partial charge in [0.05, 0.1) is 22.9 Å². The summed E-state index contributed by atoms with van der Waals surface area (Å²) in [6, 6.07) is 24.9. The van der Waals surface area contributed by atoms with E-state index >= 15 is 0 Å². The van der Waals surface area contributed by atoms with Crippen LogP contribution in [-0.4, -0.2) is 23.8 Å². The third-order valence-corrected chi connectivity index (χ3v) is 7.26. The van der Waals surface area contributed by atoms with Gasteiger partial charge in [-0.05, 0) is 60.0 Å². The lowest BCUT2D eigenvalue weighted by Crippen LogP contribution is -2.36. The SMILES string of the molecule is CCOC(=O)COc1cccc(C=c2sc3n(c2=O)C(c2ccc(Br)cc2)C=C(c2ccccc2)N=3)c1. The second-order valence-corrected chi connectivity index (χ2v) is 10.2. The number of benzene rings is 3. The zero-order chi connectivity index (χ0) is 25.8. The Bertz CT molecular complexity index is 1640. The highest BCUT2D eigenvalue weighted by Gasteiger charge is 2.22. The van der Waals surface area contributed by atoms with E-state index in [2.05, 4.69) is 15.9 Å². The van der Waals surface area contributed by atoms with E-state index in [1.54, 1.807) is 23.6 Å². The van der Waals surface area contributed by atoms with Gasteiger partial charge in [-0.3, -0.25) is 9.36 Å². The third-order valence-electron chi connectivity index (χ3n) is 5.75. The molecule has 0 radical (unpaired) electrons. The van der Waals surface area contributed by atoms with Crippen molar-refractivity contribution >= 4 is 45.0 Å². The van der Waals surface area contributed by atoms with Gasteiger partial charge in [0.2, 0.25) is 0 Å². The topological polar surface area (TPSA) is 69.9 Å². The first-order valence-corrected chi connectivity index (χ1v) is 13.4. The van der Waals surface area contributed by atoms with E-state index in [-0.39, 0.29) is 18.2 Å². The van der Waals surface area contributed by atoms with Gasteiger partial charge < -0.3 is 9.47 Å². The van der Waals surface area contributed by atoms with Crippen LogP contribution in [-0.2, 0) is 9.53 Å². The number of esters is 1. The van der Waals surface area contributed by atoms with E-state index in [1.165, 1.54) is 11.3 Å². The number of carbonyl (C=O) groups excluding carboxylic acids is 1. The molecule has 1 aromatic heterocycles. The zero-order valence-corrected chi connectivity index (χ0v) is 22.4. The Morgan fingerprint density at radius 2 is 1.86 bits per heavy atom. The molecule has 3 aromatic carbocycles. The van der Waals surface area contributed by atoms with Gasteiger partial charge in [0, 0.05) is 4.47 Å². The molecular weight excluding hydrogens is 552 g/mol. The average molecular weight is 575 g/mol. The summed E-state index contributed by atoms with van der Waals surface area (Å²) in [4.78, 5) is 30.8. The van der Waals surface area contributed by atoms with Gasteiger partial charge in [0.25, 0.3) is 5.56 Å². The maximum Gasteiger partial charge on any atom is 0.344 e. The number of allylic oxidation sites excluding steroid dienone is 1. The molecule has 8 heteroatoms. The lowest BCUT2D eigenvalue weighted by molar-refractivity contribution is -0.145. The Morgan fingerprint density at radius 3 is 2.62 bits per heavy atom. The summed E-state index contributed by atoms with van der Waals surface area (Å²) in [6.07, 6.45) is 3.86. The summed E-state index contributed by atoms with van der Waals surface area (Å²) >= 11 is 4.85. The first kappa shape index (κ1) is 24.9. The molecule has 1 unspecified atom stereocenters. The summed E-state index contributed by atoms with van der Waals surface area (Å²) in [5, 5.41) is 0. The minimum atomic E-state index is -0.427. The van der Waals surface area contributed by atoms with Crippen LogP contribution in [0.15, 0.2) is 99.2 Å². The molecule has 37 heavy (non-hydrogen) atoms. The summed E-state index contributed by atoms with van der Waals surface area (Å²) in [5.41, 5.74) is 3.49. The number of hydrogen-bond donors (Lipinski definition) is 0. The molecule has 0 bridgehead atoms. The van der Waals surface area contributed by atoms with Crippen LogP contribution in [0, 0.1) is 0 Å². The van der Waals surface area contributed by atoms with Crippen molar-refractivity contribution in [2.75, 3.05) is 13.2 Å². The summed E-state index contributed by atoms with van der Waals surface area (Å²) in [6.45, 7) is 1.88. The molecule has 0 amide bonds. The van der Waals surface area contributed by atoms with Gasteiger partial charge in [0.15, 0.2) is 11.4 Å². The molecule has 1 atom stereocenters. The van der Waals surface area contributed by atoms with Crippen LogP contribution < -0.4 is 19.6 Å². The fourth-order valence-electron chi connectivity index (χ4n) is 4.04. The first-order valence-electron chi connectivity index (χ1n) is 11.7. The molecule has 6 nitrogen and oxygen atoms in total. The predicted molar refractivity (Wildman–Crippen MR) is 148 cm³/mol. The number of thiazole rings is 1. The largest absolute Gasteiger partial charge is 0.482 e. The molecule has 5 rings (SSSR count). The summed E-state index contributed by atoms with van der Waals surface area (Å²) in [5.74, 6) is 0.0945. The minimum Gasteiger partial charge on any atom is -0.482 e. The van der Waals surface area contributed by atoms with Crippen molar-refractivity contribution < 1.29 is 14.3 Å². The molecule has 0 spiro atoms. The van der Waals surface area contributed by atoms with Crippen LogP contribution in [0.2, 0.25) is 0 Å². The Hall–Kier alpha value is -3.75. The van der Waals surface area contributed by atoms with Crippen LogP contribution in [0.25, 0.3) is 11.8 Å². The molecular formula is C29H23BrN2O4S. The molecule has 186 valence electrons. The Kier molecular flexibility index (Phi) is 7.48. The Morgan fingerprint density at radius 1 is 1.08 bits per heavy atom. The van der Waals surface area contributed by atoms with Gasteiger partial charge in [-0.25, -0.2) is 9.79 Å². The summed E-state index contributed by atoms with van der Waals surface area (Å²) in [7, 11) is 0. The number of carbonyl (C=O) groups is 1. The van der Waals surface area contributed by atoms with E-state index < -0.39 is 5.97 Å². The molecule has 0 saturated carbocycles.